The van der Waals surface area contributed by atoms with Crippen LogP contribution in [0.4, 0.5) is 35.1 Å². The maximum atomic E-state index is 14.0. The molecule has 1 fully saturated rings. The molecule has 1 aliphatic heterocycles. The van der Waals surface area contributed by atoms with Crippen LogP contribution < -0.4 is 0 Å². The van der Waals surface area contributed by atoms with E-state index in [0.717, 1.165) is 18.4 Å². The van der Waals surface area contributed by atoms with Crippen molar-refractivity contribution in [2.75, 3.05) is 26.0 Å². The Hall–Kier alpha value is -2.74. The van der Waals surface area contributed by atoms with Gasteiger partial charge in [0.25, 0.3) is 10.1 Å². The number of benzene rings is 2. The molecule has 1 amide bonds. The number of carbonyl (C=O) groups excluding carboxylic acids is 1. The molecule has 0 aliphatic carbocycles. The molecule has 14 heteroatoms. The van der Waals surface area contributed by atoms with Crippen LogP contribution in [0.5, 0.6) is 0 Å². The zero-order chi connectivity index (χ0) is 27.8. The van der Waals surface area contributed by atoms with E-state index in [2.05, 4.69) is 0 Å². The lowest BCUT2D eigenvalue weighted by Gasteiger charge is -2.30. The number of nitrogens with zero attached hydrogens (tertiary/aromatic N) is 1. The van der Waals surface area contributed by atoms with Crippen LogP contribution in [0.15, 0.2) is 36.4 Å². The highest BCUT2D eigenvalue weighted by Crippen LogP contribution is 2.40. The Morgan fingerprint density at radius 3 is 2.08 bits per heavy atom. The maximum Gasteiger partial charge on any atom is 0.416 e. The van der Waals surface area contributed by atoms with Crippen molar-refractivity contribution in [2.45, 2.75) is 37.0 Å². The minimum absolute atomic E-state index is 0.0121. The Morgan fingerprint density at radius 1 is 0.973 bits per heavy atom. The normalized spacial score (nSPS) is 18.9. The van der Waals surface area contributed by atoms with Crippen LogP contribution in [0.3, 0.4) is 0 Å². The highest BCUT2D eigenvalue weighted by molar-refractivity contribution is 7.85. The van der Waals surface area contributed by atoms with Crippen molar-refractivity contribution in [3.63, 3.8) is 0 Å². The summed E-state index contributed by atoms with van der Waals surface area (Å²) >= 11 is 0. The topological polar surface area (TPSA) is 63.7 Å². The van der Waals surface area contributed by atoms with E-state index in [1.54, 1.807) is 0 Å². The number of likely N-dealkylation sites (tertiary alicyclic amines) is 1. The van der Waals surface area contributed by atoms with E-state index >= 15 is 0 Å². The van der Waals surface area contributed by atoms with Crippen molar-refractivity contribution in [3.05, 3.63) is 70.3 Å². The van der Waals surface area contributed by atoms with Crippen molar-refractivity contribution in [1.29, 1.82) is 0 Å². The van der Waals surface area contributed by atoms with E-state index in [1.165, 1.54) is 11.0 Å². The molecule has 5 nitrogen and oxygen atoms in total. The van der Waals surface area contributed by atoms with Crippen molar-refractivity contribution in [3.8, 4) is 0 Å². The van der Waals surface area contributed by atoms with Gasteiger partial charge in [0.1, 0.15) is 0 Å². The molecule has 0 radical (unpaired) electrons. The molecule has 0 aromatic heterocycles. The Labute approximate surface area is 207 Å². The number of halogens is 8. The number of amides is 1. The molecular weight excluding hydrogens is 538 g/mol. The molecule has 37 heavy (non-hydrogen) atoms. The van der Waals surface area contributed by atoms with Crippen LogP contribution in [0.2, 0.25) is 0 Å². The molecule has 2 aromatic rings. The summed E-state index contributed by atoms with van der Waals surface area (Å²) in [6.45, 7) is -0.542. The van der Waals surface area contributed by atoms with Gasteiger partial charge in [0, 0.05) is 18.5 Å². The third-order valence-electron chi connectivity index (χ3n) is 6.12. The number of carbonyl (C=O) groups is 1. The SMILES string of the molecule is CS(=O)(=O)OCCC1(c2ccc(F)c(F)c2)CCN(C(=O)Cc2cc(C(F)(F)F)cc(C(F)(F)F)c2)C1. The first-order valence-electron chi connectivity index (χ1n) is 10.8. The molecule has 1 aliphatic rings. The second-order valence-corrected chi connectivity index (χ2v) is 10.5. The zero-order valence-electron chi connectivity index (χ0n) is 19.2. The molecule has 1 unspecified atom stereocenters. The minimum atomic E-state index is -5.08. The molecular formula is C23H21F8NO4S. The van der Waals surface area contributed by atoms with Crippen molar-refractivity contribution in [2.24, 2.45) is 0 Å². The third kappa shape index (κ3) is 7.18. The highest BCUT2D eigenvalue weighted by Gasteiger charge is 2.42. The van der Waals surface area contributed by atoms with Gasteiger partial charge in [-0.3, -0.25) is 8.98 Å². The van der Waals surface area contributed by atoms with E-state index in [0.29, 0.717) is 12.1 Å². The summed E-state index contributed by atoms with van der Waals surface area (Å²) in [5.74, 6) is -3.11. The monoisotopic (exact) mass is 559 g/mol. The molecule has 204 valence electrons. The van der Waals surface area contributed by atoms with E-state index in [9.17, 15) is 48.3 Å². The van der Waals surface area contributed by atoms with Crippen LogP contribution in [0, 0.1) is 11.6 Å². The maximum absolute atomic E-state index is 14.0. The lowest BCUT2D eigenvalue weighted by Crippen LogP contribution is -2.36. The van der Waals surface area contributed by atoms with Gasteiger partial charge in [0.15, 0.2) is 11.6 Å². The molecule has 2 aromatic carbocycles. The summed E-state index contributed by atoms with van der Waals surface area (Å²) in [5.41, 5.74) is -4.48. The summed E-state index contributed by atoms with van der Waals surface area (Å²) in [6, 6.07) is 3.90. The summed E-state index contributed by atoms with van der Waals surface area (Å²) < 4.78 is 134. The number of hydrogen-bond donors (Lipinski definition) is 0. The average molecular weight is 559 g/mol. The summed E-state index contributed by atoms with van der Waals surface area (Å²) in [7, 11) is -3.84. The number of alkyl halides is 6. The zero-order valence-corrected chi connectivity index (χ0v) is 20.0. The molecule has 1 heterocycles. The fraction of sp³-hybridized carbons (Fsp3) is 0.435. The van der Waals surface area contributed by atoms with Crippen molar-refractivity contribution in [1.82, 2.24) is 4.90 Å². The lowest BCUT2D eigenvalue weighted by molar-refractivity contribution is -0.143. The summed E-state index contributed by atoms with van der Waals surface area (Å²) in [6.07, 6.45) is -10.0. The molecule has 3 rings (SSSR count). The van der Waals surface area contributed by atoms with Crippen LogP contribution in [0.1, 0.15) is 35.1 Å². The van der Waals surface area contributed by atoms with Gasteiger partial charge in [-0.25, -0.2) is 8.78 Å². The van der Waals surface area contributed by atoms with Crippen LogP contribution in [-0.2, 0) is 43.3 Å². The first kappa shape index (κ1) is 28.8. The molecule has 0 saturated carbocycles. The van der Waals surface area contributed by atoms with Crippen molar-refractivity contribution < 1.29 is 52.5 Å². The minimum Gasteiger partial charge on any atom is -0.341 e. The third-order valence-corrected chi connectivity index (χ3v) is 6.71. The van der Waals surface area contributed by atoms with Crippen molar-refractivity contribution >= 4 is 16.0 Å². The second-order valence-electron chi connectivity index (χ2n) is 8.84. The molecule has 1 saturated heterocycles. The predicted molar refractivity (Wildman–Crippen MR) is 115 cm³/mol. The van der Waals surface area contributed by atoms with E-state index in [4.69, 9.17) is 4.18 Å². The predicted octanol–water partition coefficient (Wildman–Crippen LogP) is 5.08. The number of hydrogen-bond acceptors (Lipinski definition) is 4. The Morgan fingerprint density at radius 2 is 1.57 bits per heavy atom. The van der Waals surface area contributed by atoms with Gasteiger partial charge < -0.3 is 4.90 Å². The molecule has 0 N–H and O–H groups in total. The first-order valence-corrected chi connectivity index (χ1v) is 12.6. The van der Waals surface area contributed by atoms with Gasteiger partial charge in [-0.2, -0.15) is 34.8 Å². The summed E-state index contributed by atoms with van der Waals surface area (Å²) in [5, 5.41) is 0. The van der Waals surface area contributed by atoms with Gasteiger partial charge >= 0.3 is 12.4 Å². The van der Waals surface area contributed by atoms with Crippen LogP contribution in [-0.4, -0.2) is 45.2 Å². The van der Waals surface area contributed by atoms with Crippen LogP contribution >= 0.6 is 0 Å². The quantitative estimate of drug-likeness (QED) is 0.351. The van der Waals surface area contributed by atoms with Gasteiger partial charge in [0.05, 0.1) is 30.4 Å². The molecule has 0 spiro atoms. The Bertz CT molecular complexity index is 1240. The smallest absolute Gasteiger partial charge is 0.341 e. The fourth-order valence-electron chi connectivity index (χ4n) is 4.29. The van der Waals surface area contributed by atoms with Gasteiger partial charge in [-0.1, -0.05) is 6.07 Å². The highest BCUT2D eigenvalue weighted by atomic mass is 32.2. The van der Waals surface area contributed by atoms with E-state index in [-0.39, 0.29) is 44.2 Å². The molecule has 0 bridgehead atoms. The second kappa shape index (κ2) is 10.2. The average Bonchev–Trinajstić information content (AvgIpc) is 3.19. The summed E-state index contributed by atoms with van der Waals surface area (Å²) in [4.78, 5) is 14.1. The van der Waals surface area contributed by atoms with Gasteiger partial charge in [-0.05, 0) is 54.3 Å². The standard InChI is InChI=1S/C23H21F8NO4S/c1-37(34,35)36-7-5-21(15-2-3-18(24)19(25)12-15)4-6-32(13-21)20(33)10-14-8-16(22(26,27)28)11-17(9-14)23(29,30)31/h2-3,8-9,11-12H,4-7,10,13H2,1H3. The molecule has 1 atom stereocenters. The van der Waals surface area contributed by atoms with Crippen LogP contribution in [0.25, 0.3) is 0 Å². The Balaban J connectivity index is 1.87. The lowest BCUT2D eigenvalue weighted by atomic mass is 9.77. The van der Waals surface area contributed by atoms with E-state index < -0.39 is 68.5 Å². The first-order chi connectivity index (χ1) is 16.9. The van der Waals surface area contributed by atoms with Gasteiger partial charge in [0.2, 0.25) is 5.91 Å². The van der Waals surface area contributed by atoms with E-state index in [1.807, 2.05) is 0 Å². The Kier molecular flexibility index (Phi) is 7.94. The van der Waals surface area contributed by atoms with Gasteiger partial charge in [-0.15, -0.1) is 0 Å². The number of rotatable bonds is 7. The largest absolute Gasteiger partial charge is 0.416 e. The fourth-order valence-corrected chi connectivity index (χ4v) is 4.68.